The van der Waals surface area contributed by atoms with Gasteiger partial charge < -0.3 is 14.8 Å². The molecule has 0 bridgehead atoms. The van der Waals surface area contributed by atoms with Crippen molar-refractivity contribution in [3.63, 3.8) is 0 Å². The molecule has 2 rings (SSSR count). The largest absolute Gasteiger partial charge is 0.469 e. The lowest BCUT2D eigenvalue weighted by molar-refractivity contribution is -0.147. The lowest BCUT2D eigenvalue weighted by atomic mass is 9.97. The van der Waals surface area contributed by atoms with Crippen LogP contribution < -0.4 is 5.32 Å². The van der Waals surface area contributed by atoms with Gasteiger partial charge in [-0.25, -0.2) is 4.79 Å². The third kappa shape index (κ3) is 5.84. The topological polar surface area (TPSA) is 84.9 Å². The Morgan fingerprint density at radius 1 is 1.15 bits per heavy atom. The lowest BCUT2D eigenvalue weighted by Crippen LogP contribution is -2.41. The number of hydrogen-bond donors (Lipinski definition) is 1. The summed E-state index contributed by atoms with van der Waals surface area (Å²) in [4.78, 5) is 37.5. The Morgan fingerprint density at radius 2 is 1.77 bits per heavy atom. The van der Waals surface area contributed by atoms with Gasteiger partial charge >= 0.3 is 11.9 Å². The first kappa shape index (κ1) is 19.9. The van der Waals surface area contributed by atoms with Crippen LogP contribution in [0.15, 0.2) is 24.3 Å². The summed E-state index contributed by atoms with van der Waals surface area (Å²) in [5, 5.41) is 2.82. The zero-order valence-corrected chi connectivity index (χ0v) is 15.5. The summed E-state index contributed by atoms with van der Waals surface area (Å²) >= 11 is 0. The molecule has 1 aromatic rings. The maximum absolute atomic E-state index is 12.2. The predicted octanol–water partition coefficient (Wildman–Crippen LogP) is 2.08. The van der Waals surface area contributed by atoms with E-state index in [1.807, 2.05) is 4.90 Å². The van der Waals surface area contributed by atoms with Crippen LogP contribution in [0, 0.1) is 5.92 Å². The molecule has 1 N–H and O–H groups in total. The minimum atomic E-state index is -0.383. The molecule has 0 atom stereocenters. The van der Waals surface area contributed by atoms with E-state index < -0.39 is 0 Å². The van der Waals surface area contributed by atoms with Crippen LogP contribution in [0.2, 0.25) is 0 Å². The van der Waals surface area contributed by atoms with Gasteiger partial charge in [0.2, 0.25) is 5.91 Å². The number of ether oxygens (including phenoxy) is 2. The van der Waals surface area contributed by atoms with Crippen molar-refractivity contribution in [2.24, 2.45) is 5.92 Å². The summed E-state index contributed by atoms with van der Waals surface area (Å²) in [6, 6.07) is 6.61. The molecular formula is C19H26N2O5. The maximum Gasteiger partial charge on any atom is 0.338 e. The molecule has 0 aromatic heterocycles. The Kier molecular flexibility index (Phi) is 7.15. The number of carbonyl (C=O) groups excluding carboxylic acids is 3. The number of methoxy groups -OCH3 is 1. The fourth-order valence-electron chi connectivity index (χ4n) is 2.87. The second-order valence-electron chi connectivity index (χ2n) is 6.65. The fraction of sp³-hybridized carbons (Fsp3) is 0.526. The van der Waals surface area contributed by atoms with Crippen molar-refractivity contribution in [3.05, 3.63) is 29.8 Å². The highest BCUT2D eigenvalue weighted by molar-refractivity contribution is 5.94. The van der Waals surface area contributed by atoms with Gasteiger partial charge in [0.05, 0.1) is 31.2 Å². The predicted molar refractivity (Wildman–Crippen MR) is 96.8 cm³/mol. The highest BCUT2D eigenvalue weighted by Gasteiger charge is 2.26. The Balaban J connectivity index is 1.79. The normalized spacial score (nSPS) is 15.5. The van der Waals surface area contributed by atoms with Crippen LogP contribution >= 0.6 is 0 Å². The van der Waals surface area contributed by atoms with Gasteiger partial charge in [-0.05, 0) is 64.0 Å². The number of carbonyl (C=O) groups is 3. The summed E-state index contributed by atoms with van der Waals surface area (Å²) in [6.45, 7) is 5.23. The molecule has 26 heavy (non-hydrogen) atoms. The van der Waals surface area contributed by atoms with Crippen molar-refractivity contribution in [2.45, 2.75) is 32.8 Å². The number of esters is 2. The van der Waals surface area contributed by atoms with Crippen LogP contribution in [0.5, 0.6) is 0 Å². The van der Waals surface area contributed by atoms with Gasteiger partial charge in [-0.15, -0.1) is 0 Å². The Morgan fingerprint density at radius 3 is 2.31 bits per heavy atom. The number of benzene rings is 1. The molecule has 142 valence electrons. The van der Waals surface area contributed by atoms with E-state index in [1.54, 1.807) is 38.1 Å². The molecule has 1 aliphatic heterocycles. The van der Waals surface area contributed by atoms with Crippen molar-refractivity contribution < 1.29 is 23.9 Å². The average Bonchev–Trinajstić information content (AvgIpc) is 2.61. The molecule has 1 aliphatic rings. The van der Waals surface area contributed by atoms with E-state index in [0.717, 1.165) is 0 Å². The lowest BCUT2D eigenvalue weighted by Gasteiger charge is -2.29. The number of anilines is 1. The number of nitrogens with zero attached hydrogens (tertiary/aromatic N) is 1. The summed E-state index contributed by atoms with van der Waals surface area (Å²) in [6.07, 6.45) is 1.23. The molecule has 1 aromatic carbocycles. The Labute approximate surface area is 153 Å². The van der Waals surface area contributed by atoms with E-state index in [4.69, 9.17) is 9.47 Å². The molecule has 7 heteroatoms. The smallest absolute Gasteiger partial charge is 0.338 e. The molecule has 0 aliphatic carbocycles. The summed E-state index contributed by atoms with van der Waals surface area (Å²) < 4.78 is 9.89. The van der Waals surface area contributed by atoms with Gasteiger partial charge in [-0.1, -0.05) is 0 Å². The van der Waals surface area contributed by atoms with Crippen molar-refractivity contribution in [2.75, 3.05) is 32.1 Å². The molecule has 1 fully saturated rings. The van der Waals surface area contributed by atoms with Crippen LogP contribution in [0.25, 0.3) is 0 Å². The van der Waals surface area contributed by atoms with Crippen LogP contribution in [0.3, 0.4) is 0 Å². The molecule has 0 saturated carbocycles. The molecular weight excluding hydrogens is 336 g/mol. The molecule has 0 unspecified atom stereocenters. The van der Waals surface area contributed by atoms with Crippen molar-refractivity contribution >= 4 is 23.5 Å². The summed E-state index contributed by atoms with van der Waals surface area (Å²) in [5.41, 5.74) is 1.07. The number of hydrogen-bond acceptors (Lipinski definition) is 6. The van der Waals surface area contributed by atoms with E-state index >= 15 is 0 Å². The van der Waals surface area contributed by atoms with E-state index in [9.17, 15) is 14.4 Å². The highest BCUT2D eigenvalue weighted by atomic mass is 16.5. The third-order valence-electron chi connectivity index (χ3n) is 4.24. The summed E-state index contributed by atoms with van der Waals surface area (Å²) in [7, 11) is 1.40. The zero-order chi connectivity index (χ0) is 19.1. The van der Waals surface area contributed by atoms with E-state index in [2.05, 4.69) is 5.32 Å². The number of piperidine rings is 1. The summed E-state index contributed by atoms with van der Waals surface area (Å²) in [5.74, 6) is -0.756. The van der Waals surface area contributed by atoms with Crippen LogP contribution in [-0.4, -0.2) is 55.6 Å². The Hall–Kier alpha value is -2.41. The molecule has 7 nitrogen and oxygen atoms in total. The maximum atomic E-state index is 12.2. The van der Waals surface area contributed by atoms with Crippen LogP contribution in [0.4, 0.5) is 5.69 Å². The first-order valence-corrected chi connectivity index (χ1v) is 8.80. The van der Waals surface area contributed by atoms with Crippen molar-refractivity contribution in [3.8, 4) is 0 Å². The van der Waals surface area contributed by atoms with Gasteiger partial charge in [-0.2, -0.15) is 0 Å². The third-order valence-corrected chi connectivity index (χ3v) is 4.24. The second-order valence-corrected chi connectivity index (χ2v) is 6.65. The van der Waals surface area contributed by atoms with E-state index in [0.29, 0.717) is 37.2 Å². The van der Waals surface area contributed by atoms with Gasteiger partial charge in [0.1, 0.15) is 0 Å². The molecule has 1 saturated heterocycles. The molecule has 1 amide bonds. The second kappa shape index (κ2) is 9.33. The SMILES string of the molecule is COC(=O)C1CCN(CC(=O)Nc2ccc(C(=O)OC(C)C)cc2)CC1. The Bertz CT molecular complexity index is 634. The van der Waals surface area contributed by atoms with Gasteiger partial charge in [0.25, 0.3) is 0 Å². The fourth-order valence-corrected chi connectivity index (χ4v) is 2.87. The first-order chi connectivity index (χ1) is 12.4. The molecule has 0 spiro atoms. The zero-order valence-electron chi connectivity index (χ0n) is 15.5. The van der Waals surface area contributed by atoms with Gasteiger partial charge in [-0.3, -0.25) is 14.5 Å². The van der Waals surface area contributed by atoms with Crippen molar-refractivity contribution in [1.29, 1.82) is 0 Å². The van der Waals surface area contributed by atoms with Gasteiger partial charge in [0, 0.05) is 5.69 Å². The molecule has 1 heterocycles. The number of nitrogens with one attached hydrogen (secondary N) is 1. The standard InChI is InChI=1S/C19H26N2O5/c1-13(2)26-19(24)14-4-6-16(7-5-14)20-17(22)12-21-10-8-15(9-11-21)18(23)25-3/h4-7,13,15H,8-12H2,1-3H3,(H,20,22). The highest BCUT2D eigenvalue weighted by Crippen LogP contribution is 2.18. The minimum Gasteiger partial charge on any atom is -0.469 e. The van der Waals surface area contributed by atoms with E-state index in [1.165, 1.54) is 7.11 Å². The van der Waals surface area contributed by atoms with Crippen LogP contribution in [-0.2, 0) is 19.1 Å². The molecule has 0 radical (unpaired) electrons. The number of rotatable bonds is 6. The number of likely N-dealkylation sites (tertiary alicyclic amines) is 1. The quantitative estimate of drug-likeness (QED) is 0.780. The van der Waals surface area contributed by atoms with Crippen molar-refractivity contribution in [1.82, 2.24) is 4.90 Å². The monoisotopic (exact) mass is 362 g/mol. The first-order valence-electron chi connectivity index (χ1n) is 8.80. The number of amides is 1. The van der Waals surface area contributed by atoms with Crippen LogP contribution in [0.1, 0.15) is 37.0 Å². The minimum absolute atomic E-state index is 0.0718. The average molecular weight is 362 g/mol. The van der Waals surface area contributed by atoms with E-state index in [-0.39, 0.29) is 36.4 Å². The van der Waals surface area contributed by atoms with Gasteiger partial charge in [0.15, 0.2) is 0 Å².